The standard InChI is InChI=1S/C14H11ClF3NO2/c15-11-3-2-9(6-10(11)14(16,17)18)21-13-4-1-8(7-20)5-12(13)19/h1-6,20H,7,19H2. The third-order valence-electron chi connectivity index (χ3n) is 2.73. The van der Waals surface area contributed by atoms with Crippen molar-refractivity contribution >= 4 is 17.3 Å². The molecule has 0 saturated carbocycles. The summed E-state index contributed by atoms with van der Waals surface area (Å²) in [6.45, 7) is -0.191. The minimum Gasteiger partial charge on any atom is -0.455 e. The molecule has 0 saturated heterocycles. The molecule has 0 aliphatic rings. The first-order valence-electron chi connectivity index (χ1n) is 5.85. The van der Waals surface area contributed by atoms with Crippen LogP contribution in [0.2, 0.25) is 5.02 Å². The van der Waals surface area contributed by atoms with Gasteiger partial charge < -0.3 is 15.6 Å². The number of halogens is 4. The number of nitrogen functional groups attached to an aromatic ring is 1. The van der Waals surface area contributed by atoms with Gasteiger partial charge in [-0.25, -0.2) is 0 Å². The second-order valence-electron chi connectivity index (χ2n) is 4.27. The normalized spacial score (nSPS) is 11.5. The molecule has 0 atom stereocenters. The molecule has 21 heavy (non-hydrogen) atoms. The van der Waals surface area contributed by atoms with Crippen LogP contribution in [0.5, 0.6) is 11.5 Å². The van der Waals surface area contributed by atoms with Gasteiger partial charge in [-0.3, -0.25) is 0 Å². The predicted molar refractivity (Wildman–Crippen MR) is 73.3 cm³/mol. The van der Waals surface area contributed by atoms with Gasteiger partial charge in [0.05, 0.1) is 22.9 Å². The fourth-order valence-corrected chi connectivity index (χ4v) is 1.93. The van der Waals surface area contributed by atoms with Gasteiger partial charge in [-0.15, -0.1) is 0 Å². The van der Waals surface area contributed by atoms with Crippen LogP contribution >= 0.6 is 11.6 Å². The number of ether oxygens (including phenoxy) is 1. The first kappa shape index (κ1) is 15.5. The largest absolute Gasteiger partial charge is 0.455 e. The molecule has 0 aliphatic heterocycles. The lowest BCUT2D eigenvalue weighted by molar-refractivity contribution is -0.137. The van der Waals surface area contributed by atoms with E-state index in [2.05, 4.69) is 0 Å². The average molecular weight is 318 g/mol. The average Bonchev–Trinajstić information content (AvgIpc) is 2.41. The Kier molecular flexibility index (Phi) is 4.29. The van der Waals surface area contributed by atoms with Crippen molar-refractivity contribution in [3.63, 3.8) is 0 Å². The first-order valence-corrected chi connectivity index (χ1v) is 6.23. The molecule has 0 radical (unpaired) electrons. The lowest BCUT2D eigenvalue weighted by Gasteiger charge is -2.13. The molecule has 3 N–H and O–H groups in total. The van der Waals surface area contributed by atoms with Gasteiger partial charge in [-0.2, -0.15) is 13.2 Å². The molecule has 0 fully saturated rings. The molecule has 112 valence electrons. The van der Waals surface area contributed by atoms with Crippen molar-refractivity contribution in [1.29, 1.82) is 0 Å². The number of anilines is 1. The second-order valence-corrected chi connectivity index (χ2v) is 4.68. The highest BCUT2D eigenvalue weighted by molar-refractivity contribution is 6.31. The van der Waals surface area contributed by atoms with Crippen LogP contribution < -0.4 is 10.5 Å². The van der Waals surface area contributed by atoms with E-state index in [1.54, 1.807) is 6.07 Å². The Morgan fingerprint density at radius 1 is 1.14 bits per heavy atom. The third kappa shape index (κ3) is 3.59. The molecule has 0 amide bonds. The van der Waals surface area contributed by atoms with Gasteiger partial charge in [-0.05, 0) is 35.9 Å². The zero-order chi connectivity index (χ0) is 15.6. The summed E-state index contributed by atoms with van der Waals surface area (Å²) >= 11 is 5.53. The van der Waals surface area contributed by atoms with E-state index in [0.717, 1.165) is 12.1 Å². The number of nitrogens with two attached hydrogens (primary N) is 1. The first-order chi connectivity index (χ1) is 9.81. The number of hydrogen-bond acceptors (Lipinski definition) is 3. The molecular formula is C14H11ClF3NO2. The highest BCUT2D eigenvalue weighted by Gasteiger charge is 2.33. The Bertz CT molecular complexity index is 659. The Hall–Kier alpha value is -1.92. The van der Waals surface area contributed by atoms with E-state index in [1.165, 1.54) is 18.2 Å². The Balaban J connectivity index is 2.32. The minimum absolute atomic E-state index is 0.0322. The topological polar surface area (TPSA) is 55.5 Å². The van der Waals surface area contributed by atoms with Gasteiger partial charge in [0.2, 0.25) is 0 Å². The maximum Gasteiger partial charge on any atom is 0.417 e. The molecule has 2 aromatic carbocycles. The van der Waals surface area contributed by atoms with E-state index in [-0.39, 0.29) is 23.8 Å². The Labute approximate surface area is 123 Å². The number of aliphatic hydroxyl groups excluding tert-OH is 1. The van der Waals surface area contributed by atoms with Crippen LogP contribution in [-0.4, -0.2) is 5.11 Å². The van der Waals surface area contributed by atoms with Crippen LogP contribution in [0.3, 0.4) is 0 Å². The Morgan fingerprint density at radius 2 is 1.86 bits per heavy atom. The molecule has 3 nitrogen and oxygen atoms in total. The molecule has 0 aliphatic carbocycles. The number of benzene rings is 2. The summed E-state index contributed by atoms with van der Waals surface area (Å²) < 4.78 is 43.6. The Morgan fingerprint density at radius 3 is 2.43 bits per heavy atom. The van der Waals surface area contributed by atoms with E-state index in [0.29, 0.717) is 5.56 Å². The van der Waals surface area contributed by atoms with Gasteiger partial charge >= 0.3 is 6.18 Å². The summed E-state index contributed by atoms with van der Waals surface area (Å²) in [6, 6.07) is 7.75. The quantitative estimate of drug-likeness (QED) is 0.833. The van der Waals surface area contributed by atoms with Gasteiger partial charge in [-0.1, -0.05) is 17.7 Å². The summed E-state index contributed by atoms with van der Waals surface area (Å²) in [6.07, 6.45) is -4.57. The van der Waals surface area contributed by atoms with Crippen molar-refractivity contribution in [1.82, 2.24) is 0 Å². The van der Waals surface area contributed by atoms with Gasteiger partial charge in [0.15, 0.2) is 0 Å². The fourth-order valence-electron chi connectivity index (χ4n) is 1.70. The maximum atomic E-state index is 12.8. The van der Waals surface area contributed by atoms with E-state index in [9.17, 15) is 13.2 Å². The monoisotopic (exact) mass is 317 g/mol. The summed E-state index contributed by atoms with van der Waals surface area (Å²) in [5.74, 6) is 0.165. The molecule has 2 rings (SSSR count). The summed E-state index contributed by atoms with van der Waals surface area (Å²) in [4.78, 5) is 0. The second kappa shape index (κ2) is 5.83. The lowest BCUT2D eigenvalue weighted by atomic mass is 10.2. The van der Waals surface area contributed by atoms with E-state index < -0.39 is 16.8 Å². The van der Waals surface area contributed by atoms with Crippen LogP contribution in [0, 0.1) is 0 Å². The summed E-state index contributed by atoms with van der Waals surface area (Å²) in [5.41, 5.74) is 5.52. The highest BCUT2D eigenvalue weighted by atomic mass is 35.5. The zero-order valence-corrected chi connectivity index (χ0v) is 11.4. The summed E-state index contributed by atoms with van der Waals surface area (Å²) in [7, 11) is 0. The van der Waals surface area contributed by atoms with Crippen molar-refractivity contribution in [2.75, 3.05) is 5.73 Å². The molecule has 0 aromatic heterocycles. The van der Waals surface area contributed by atoms with E-state index >= 15 is 0 Å². The molecule has 7 heteroatoms. The molecule has 0 unspecified atom stereocenters. The molecule has 0 spiro atoms. The van der Waals surface area contributed by atoms with E-state index in [4.69, 9.17) is 27.2 Å². The van der Waals surface area contributed by atoms with Crippen LogP contribution in [0.4, 0.5) is 18.9 Å². The highest BCUT2D eigenvalue weighted by Crippen LogP contribution is 2.38. The number of hydrogen-bond donors (Lipinski definition) is 2. The SMILES string of the molecule is Nc1cc(CO)ccc1Oc1ccc(Cl)c(C(F)(F)F)c1. The van der Waals surface area contributed by atoms with Gasteiger partial charge in [0, 0.05) is 0 Å². The van der Waals surface area contributed by atoms with Crippen molar-refractivity contribution < 1.29 is 23.0 Å². The number of alkyl halides is 3. The summed E-state index contributed by atoms with van der Waals surface area (Å²) in [5, 5.41) is 8.56. The van der Waals surface area contributed by atoms with Crippen LogP contribution in [0.15, 0.2) is 36.4 Å². The van der Waals surface area contributed by atoms with Crippen LogP contribution in [0.25, 0.3) is 0 Å². The van der Waals surface area contributed by atoms with Crippen molar-refractivity contribution in [3.05, 3.63) is 52.5 Å². The molecule has 0 heterocycles. The van der Waals surface area contributed by atoms with Gasteiger partial charge in [0.25, 0.3) is 0 Å². The maximum absolute atomic E-state index is 12.8. The van der Waals surface area contributed by atoms with Crippen LogP contribution in [-0.2, 0) is 12.8 Å². The lowest BCUT2D eigenvalue weighted by Crippen LogP contribution is -2.06. The van der Waals surface area contributed by atoms with E-state index in [1.807, 2.05) is 0 Å². The van der Waals surface area contributed by atoms with Gasteiger partial charge in [0.1, 0.15) is 11.5 Å². The zero-order valence-electron chi connectivity index (χ0n) is 10.6. The molecular weight excluding hydrogens is 307 g/mol. The van der Waals surface area contributed by atoms with Crippen molar-refractivity contribution in [2.24, 2.45) is 0 Å². The molecule has 0 bridgehead atoms. The van der Waals surface area contributed by atoms with Crippen LogP contribution in [0.1, 0.15) is 11.1 Å². The predicted octanol–water partition coefficient (Wildman–Crippen LogP) is 4.23. The number of aliphatic hydroxyl groups is 1. The third-order valence-corrected chi connectivity index (χ3v) is 3.06. The van der Waals surface area contributed by atoms with Crippen molar-refractivity contribution in [3.8, 4) is 11.5 Å². The smallest absolute Gasteiger partial charge is 0.417 e. The number of rotatable bonds is 3. The van der Waals surface area contributed by atoms with Crippen molar-refractivity contribution in [2.45, 2.75) is 12.8 Å². The fraction of sp³-hybridized carbons (Fsp3) is 0.143. The molecule has 2 aromatic rings. The minimum atomic E-state index is -4.57.